The topological polar surface area (TPSA) is 110 Å². The fourth-order valence-corrected chi connectivity index (χ4v) is 5.79. The van der Waals surface area contributed by atoms with E-state index < -0.39 is 23.6 Å². The Morgan fingerprint density at radius 2 is 1.50 bits per heavy atom. The number of Topliss-reactive ketones (excluding diaryl/α,β-unsaturated/α-hetero) is 2. The first-order chi connectivity index (χ1) is 19.2. The predicted molar refractivity (Wildman–Crippen MR) is 151 cm³/mol. The zero-order chi connectivity index (χ0) is 28.8. The van der Waals surface area contributed by atoms with Gasteiger partial charge < -0.3 is 25.5 Å². The van der Waals surface area contributed by atoms with Crippen LogP contribution in [-0.2, 0) is 0 Å². The Morgan fingerprint density at radius 3 is 2.00 bits per heavy atom. The fraction of sp³-hybridized carbons (Fsp3) is 0.375. The van der Waals surface area contributed by atoms with E-state index in [4.69, 9.17) is 0 Å². The van der Waals surface area contributed by atoms with Crippen LogP contribution >= 0.6 is 0 Å². The first-order valence-electron chi connectivity index (χ1n) is 13.7. The van der Waals surface area contributed by atoms with Crippen molar-refractivity contribution in [3.63, 3.8) is 0 Å². The summed E-state index contributed by atoms with van der Waals surface area (Å²) in [5, 5.41) is 33.5. The highest BCUT2D eigenvalue weighted by Gasteiger charge is 2.45. The molecule has 212 valence electrons. The van der Waals surface area contributed by atoms with Gasteiger partial charge in [0.15, 0.2) is 11.6 Å². The van der Waals surface area contributed by atoms with Gasteiger partial charge in [0.2, 0.25) is 0 Å². The number of nitrogens with one attached hydrogen (secondary N) is 1. The molecule has 4 N–H and O–H groups in total. The molecule has 0 bridgehead atoms. The number of aromatic hydroxyl groups is 2. The van der Waals surface area contributed by atoms with Crippen LogP contribution in [0.5, 0.6) is 11.5 Å². The zero-order valence-corrected chi connectivity index (χ0v) is 22.9. The van der Waals surface area contributed by atoms with Crippen LogP contribution in [0.2, 0.25) is 0 Å². The molecule has 0 radical (unpaired) electrons. The number of phenolic OH excluding ortho intramolecular Hbond substituents is 2. The third-order valence-electron chi connectivity index (χ3n) is 7.76. The molecule has 4 rings (SSSR count). The number of carbonyl (C=O) groups is 2. The largest absolute Gasteiger partial charge is 0.508 e. The number of nitrogens with zero attached hydrogens (tertiary/aromatic N) is 1. The minimum Gasteiger partial charge on any atom is -0.508 e. The van der Waals surface area contributed by atoms with Crippen LogP contribution in [0.4, 0.5) is 4.39 Å². The lowest BCUT2D eigenvalue weighted by Gasteiger charge is -2.44. The third kappa shape index (κ3) is 6.58. The number of benzene rings is 3. The molecule has 0 aromatic heterocycles. The van der Waals surface area contributed by atoms with E-state index >= 15 is 0 Å². The normalized spacial score (nSPS) is 20.2. The van der Waals surface area contributed by atoms with Crippen molar-refractivity contribution in [3.05, 3.63) is 94.8 Å². The monoisotopic (exact) mass is 548 g/mol. The van der Waals surface area contributed by atoms with Gasteiger partial charge in [0.1, 0.15) is 17.3 Å². The smallest absolute Gasteiger partial charge is 0.167 e. The summed E-state index contributed by atoms with van der Waals surface area (Å²) in [5.41, 5.74) is 1.57. The van der Waals surface area contributed by atoms with Crippen molar-refractivity contribution >= 4 is 11.6 Å². The van der Waals surface area contributed by atoms with Gasteiger partial charge in [0, 0.05) is 54.6 Å². The molecule has 0 spiro atoms. The molecule has 3 aromatic rings. The first kappa shape index (κ1) is 29.4. The second-order valence-electron chi connectivity index (χ2n) is 10.6. The highest BCUT2D eigenvalue weighted by molar-refractivity contribution is 6.02. The molecule has 0 amide bonds. The molecule has 1 heterocycles. The number of aliphatic hydroxyl groups excluding tert-OH is 1. The van der Waals surface area contributed by atoms with E-state index in [0.29, 0.717) is 35.3 Å². The van der Waals surface area contributed by atoms with E-state index in [9.17, 15) is 29.3 Å². The molecule has 1 aliphatic rings. The summed E-state index contributed by atoms with van der Waals surface area (Å²) >= 11 is 0. The quantitative estimate of drug-likeness (QED) is 0.265. The van der Waals surface area contributed by atoms with Gasteiger partial charge in [-0.2, -0.15) is 0 Å². The highest BCUT2D eigenvalue weighted by atomic mass is 19.1. The van der Waals surface area contributed by atoms with Crippen molar-refractivity contribution < 1.29 is 29.3 Å². The van der Waals surface area contributed by atoms with E-state index in [1.54, 1.807) is 43.3 Å². The maximum absolute atomic E-state index is 14.9. The predicted octanol–water partition coefficient (Wildman–Crippen LogP) is 4.30. The molecule has 4 atom stereocenters. The van der Waals surface area contributed by atoms with Crippen LogP contribution in [0.3, 0.4) is 0 Å². The van der Waals surface area contributed by atoms with Crippen LogP contribution in [-0.4, -0.2) is 70.6 Å². The molecule has 8 heteroatoms. The zero-order valence-electron chi connectivity index (χ0n) is 22.9. The summed E-state index contributed by atoms with van der Waals surface area (Å²) in [4.78, 5) is 30.2. The van der Waals surface area contributed by atoms with Gasteiger partial charge in [0.05, 0.1) is 6.61 Å². The van der Waals surface area contributed by atoms with Gasteiger partial charge in [-0.25, -0.2) is 4.39 Å². The molecule has 0 saturated carbocycles. The lowest BCUT2D eigenvalue weighted by Crippen LogP contribution is -2.54. The Balaban J connectivity index is 1.83. The Hall–Kier alpha value is -3.59. The average Bonchev–Trinajstić information content (AvgIpc) is 2.95. The number of rotatable bonds is 11. The molecule has 1 unspecified atom stereocenters. The second kappa shape index (κ2) is 13.2. The highest BCUT2D eigenvalue weighted by Crippen LogP contribution is 2.42. The number of hydrogen-bond acceptors (Lipinski definition) is 7. The number of carbonyl (C=O) groups excluding carboxylic acids is 2. The number of piperidine rings is 1. The summed E-state index contributed by atoms with van der Waals surface area (Å²) in [6.07, 6.45) is 0.884. The minimum atomic E-state index is -0.743. The van der Waals surface area contributed by atoms with E-state index in [-0.39, 0.29) is 48.8 Å². The average molecular weight is 549 g/mol. The standard InChI is InChI=1S/C32H37FN2O5/c1-3-13-34-23(19-36)16-35-17-27(31(39)21-7-4-9-24(37)14-21)30(26-11-6-12-29(33)20(26)2)28(18-35)32(40)22-8-5-10-25(38)15-22/h4-12,14-15,23,27-28,30,34,36-38H,3,13,16-19H2,1-2H3/t23-,27-,28+,30?/m1/s1. The van der Waals surface area contributed by atoms with E-state index in [0.717, 1.165) is 6.42 Å². The number of ketones is 2. The van der Waals surface area contributed by atoms with Crippen molar-refractivity contribution in [1.29, 1.82) is 0 Å². The second-order valence-corrected chi connectivity index (χ2v) is 10.6. The van der Waals surface area contributed by atoms with Crippen molar-refractivity contribution in [3.8, 4) is 11.5 Å². The number of phenols is 2. The van der Waals surface area contributed by atoms with Crippen molar-refractivity contribution in [2.75, 3.05) is 32.8 Å². The Bertz CT molecular complexity index is 1280. The van der Waals surface area contributed by atoms with Crippen molar-refractivity contribution in [2.24, 2.45) is 11.8 Å². The summed E-state index contributed by atoms with van der Waals surface area (Å²) in [6, 6.07) is 16.7. The van der Waals surface area contributed by atoms with Gasteiger partial charge in [0.25, 0.3) is 0 Å². The minimum absolute atomic E-state index is 0.0477. The fourth-order valence-electron chi connectivity index (χ4n) is 5.79. The van der Waals surface area contributed by atoms with Gasteiger partial charge in [-0.05, 0) is 61.3 Å². The van der Waals surface area contributed by atoms with Gasteiger partial charge in [-0.3, -0.25) is 9.59 Å². The van der Waals surface area contributed by atoms with E-state index in [2.05, 4.69) is 5.32 Å². The molecular weight excluding hydrogens is 511 g/mol. The number of aliphatic hydroxyl groups is 1. The maximum Gasteiger partial charge on any atom is 0.167 e. The molecule has 1 fully saturated rings. The third-order valence-corrected chi connectivity index (χ3v) is 7.76. The Kier molecular flexibility index (Phi) is 9.68. The van der Waals surface area contributed by atoms with Crippen LogP contribution in [0.15, 0.2) is 66.7 Å². The molecule has 0 aliphatic carbocycles. The molecule has 1 saturated heterocycles. The van der Waals surface area contributed by atoms with Crippen molar-refractivity contribution in [1.82, 2.24) is 10.2 Å². The molecular formula is C32H37FN2O5. The van der Waals surface area contributed by atoms with Gasteiger partial charge >= 0.3 is 0 Å². The van der Waals surface area contributed by atoms with Gasteiger partial charge in [-0.1, -0.05) is 43.3 Å². The van der Waals surface area contributed by atoms with Crippen LogP contribution in [0.1, 0.15) is 51.1 Å². The Labute approximate surface area is 234 Å². The lowest BCUT2D eigenvalue weighted by atomic mass is 9.67. The lowest BCUT2D eigenvalue weighted by molar-refractivity contribution is 0.0526. The molecule has 3 aromatic carbocycles. The number of hydrogen-bond donors (Lipinski definition) is 4. The first-order valence-corrected chi connectivity index (χ1v) is 13.7. The summed E-state index contributed by atoms with van der Waals surface area (Å²) in [5.74, 6) is -3.18. The number of likely N-dealkylation sites (tertiary alicyclic amines) is 1. The van der Waals surface area contributed by atoms with E-state index in [1.165, 1.54) is 30.3 Å². The van der Waals surface area contributed by atoms with Crippen molar-refractivity contribution in [2.45, 2.75) is 32.2 Å². The molecule has 1 aliphatic heterocycles. The van der Waals surface area contributed by atoms with Crippen LogP contribution < -0.4 is 5.32 Å². The van der Waals surface area contributed by atoms with Crippen LogP contribution in [0, 0.1) is 24.6 Å². The van der Waals surface area contributed by atoms with E-state index in [1.807, 2.05) is 11.8 Å². The summed E-state index contributed by atoms with van der Waals surface area (Å²) in [7, 11) is 0. The summed E-state index contributed by atoms with van der Waals surface area (Å²) in [6.45, 7) is 5.24. The SMILES string of the molecule is CCCN[C@@H](CO)CN1C[C@H](C(=O)c2cccc(O)c2)C(c2cccc(F)c2C)[C@H](C(=O)c2cccc(O)c2)C1. The number of halogens is 1. The molecule has 7 nitrogen and oxygen atoms in total. The molecule has 40 heavy (non-hydrogen) atoms. The maximum atomic E-state index is 14.9. The van der Waals surface area contributed by atoms with Crippen LogP contribution in [0.25, 0.3) is 0 Å². The van der Waals surface area contributed by atoms with Gasteiger partial charge in [-0.15, -0.1) is 0 Å². The summed E-state index contributed by atoms with van der Waals surface area (Å²) < 4.78 is 14.9. The Morgan fingerprint density at radius 1 is 0.950 bits per heavy atom.